The predicted octanol–water partition coefficient (Wildman–Crippen LogP) is 3.10. The van der Waals surface area contributed by atoms with Crippen molar-refractivity contribution >= 4 is 0 Å². The van der Waals surface area contributed by atoms with Gasteiger partial charge in [-0.25, -0.2) is 0 Å². The summed E-state index contributed by atoms with van der Waals surface area (Å²) in [6, 6.07) is 0. The SMILES string of the molecule is CCCCC1(CCN)CCOC(C)(C)C1. The second-order valence-corrected chi connectivity index (χ2v) is 5.68. The first-order chi connectivity index (χ1) is 7.04. The van der Waals surface area contributed by atoms with E-state index in [2.05, 4.69) is 20.8 Å². The van der Waals surface area contributed by atoms with Crippen molar-refractivity contribution in [3.8, 4) is 0 Å². The van der Waals surface area contributed by atoms with Crippen molar-refractivity contribution < 1.29 is 4.74 Å². The quantitative estimate of drug-likeness (QED) is 0.761. The van der Waals surface area contributed by atoms with Gasteiger partial charge < -0.3 is 10.5 Å². The summed E-state index contributed by atoms with van der Waals surface area (Å²) in [4.78, 5) is 0. The minimum Gasteiger partial charge on any atom is -0.376 e. The molecule has 1 aliphatic heterocycles. The fourth-order valence-corrected chi connectivity index (χ4v) is 3.00. The average Bonchev–Trinajstić information content (AvgIpc) is 2.14. The summed E-state index contributed by atoms with van der Waals surface area (Å²) in [5.74, 6) is 0. The van der Waals surface area contributed by atoms with Crippen LogP contribution in [0.2, 0.25) is 0 Å². The molecular weight excluding hydrogens is 186 g/mol. The van der Waals surface area contributed by atoms with E-state index in [-0.39, 0.29) is 5.60 Å². The Labute approximate surface area is 94.6 Å². The molecule has 1 rings (SSSR count). The van der Waals surface area contributed by atoms with E-state index in [1.54, 1.807) is 0 Å². The fourth-order valence-electron chi connectivity index (χ4n) is 3.00. The Balaban J connectivity index is 2.62. The van der Waals surface area contributed by atoms with E-state index < -0.39 is 0 Å². The number of hydrogen-bond acceptors (Lipinski definition) is 2. The molecule has 0 aromatic heterocycles. The largest absolute Gasteiger partial charge is 0.376 e. The Hall–Kier alpha value is -0.0800. The second-order valence-electron chi connectivity index (χ2n) is 5.68. The van der Waals surface area contributed by atoms with Gasteiger partial charge in [-0.05, 0) is 51.5 Å². The van der Waals surface area contributed by atoms with Crippen molar-refractivity contribution in [1.29, 1.82) is 0 Å². The maximum atomic E-state index is 5.81. The molecule has 0 saturated carbocycles. The summed E-state index contributed by atoms with van der Waals surface area (Å²) < 4.78 is 5.81. The van der Waals surface area contributed by atoms with E-state index in [9.17, 15) is 0 Å². The van der Waals surface area contributed by atoms with Crippen LogP contribution in [-0.4, -0.2) is 18.8 Å². The van der Waals surface area contributed by atoms with E-state index >= 15 is 0 Å². The molecule has 1 fully saturated rings. The van der Waals surface area contributed by atoms with Gasteiger partial charge in [-0.2, -0.15) is 0 Å². The molecule has 1 unspecified atom stereocenters. The third-order valence-corrected chi connectivity index (χ3v) is 3.66. The van der Waals surface area contributed by atoms with Gasteiger partial charge in [-0.15, -0.1) is 0 Å². The summed E-state index contributed by atoms with van der Waals surface area (Å²) in [6.45, 7) is 8.42. The van der Waals surface area contributed by atoms with Crippen LogP contribution in [0.1, 0.15) is 59.3 Å². The molecule has 90 valence electrons. The molecule has 1 aliphatic rings. The highest BCUT2D eigenvalue weighted by molar-refractivity contribution is 4.90. The molecule has 0 aliphatic carbocycles. The number of hydrogen-bond donors (Lipinski definition) is 1. The van der Waals surface area contributed by atoms with Crippen LogP contribution in [0.15, 0.2) is 0 Å². The van der Waals surface area contributed by atoms with Gasteiger partial charge in [0.05, 0.1) is 5.60 Å². The minimum absolute atomic E-state index is 0.0567. The summed E-state index contributed by atoms with van der Waals surface area (Å²) in [5.41, 5.74) is 6.29. The summed E-state index contributed by atoms with van der Waals surface area (Å²) in [6.07, 6.45) is 7.49. The zero-order valence-electron chi connectivity index (χ0n) is 10.6. The lowest BCUT2D eigenvalue weighted by Gasteiger charge is -2.45. The molecule has 0 aromatic carbocycles. The molecule has 2 heteroatoms. The second kappa shape index (κ2) is 5.31. The van der Waals surface area contributed by atoms with Gasteiger partial charge >= 0.3 is 0 Å². The van der Waals surface area contributed by atoms with Crippen molar-refractivity contribution in [2.75, 3.05) is 13.2 Å². The van der Waals surface area contributed by atoms with E-state index in [0.717, 1.165) is 13.2 Å². The van der Waals surface area contributed by atoms with Crippen LogP contribution < -0.4 is 5.73 Å². The topological polar surface area (TPSA) is 35.2 Å². The molecule has 1 atom stereocenters. The third kappa shape index (κ3) is 3.76. The van der Waals surface area contributed by atoms with E-state index in [0.29, 0.717) is 5.41 Å². The van der Waals surface area contributed by atoms with Crippen LogP contribution in [0.5, 0.6) is 0 Å². The number of unbranched alkanes of at least 4 members (excludes halogenated alkanes) is 1. The standard InChI is InChI=1S/C13H27NO/c1-4-5-6-13(7-9-14)8-10-15-12(2,3)11-13/h4-11,14H2,1-3H3. The van der Waals surface area contributed by atoms with Crippen molar-refractivity contribution in [3.63, 3.8) is 0 Å². The van der Waals surface area contributed by atoms with E-state index in [1.165, 1.54) is 38.5 Å². The van der Waals surface area contributed by atoms with Gasteiger partial charge in [-0.1, -0.05) is 19.8 Å². The lowest BCUT2D eigenvalue weighted by Crippen LogP contribution is -2.42. The lowest BCUT2D eigenvalue weighted by molar-refractivity contribution is -0.109. The summed E-state index contributed by atoms with van der Waals surface area (Å²) >= 11 is 0. The zero-order chi connectivity index (χ0) is 11.4. The summed E-state index contributed by atoms with van der Waals surface area (Å²) in [7, 11) is 0. The van der Waals surface area contributed by atoms with E-state index in [4.69, 9.17) is 10.5 Å². The normalized spacial score (nSPS) is 30.4. The lowest BCUT2D eigenvalue weighted by atomic mass is 9.69. The Morgan fingerprint density at radius 1 is 1.27 bits per heavy atom. The average molecular weight is 213 g/mol. The molecule has 2 N–H and O–H groups in total. The first-order valence-corrected chi connectivity index (χ1v) is 6.38. The molecular formula is C13H27NO. The molecule has 15 heavy (non-hydrogen) atoms. The van der Waals surface area contributed by atoms with E-state index in [1.807, 2.05) is 0 Å². The first kappa shape index (κ1) is 13.0. The first-order valence-electron chi connectivity index (χ1n) is 6.38. The van der Waals surface area contributed by atoms with Crippen LogP contribution in [0.3, 0.4) is 0 Å². The predicted molar refractivity (Wildman–Crippen MR) is 64.9 cm³/mol. The van der Waals surface area contributed by atoms with Gasteiger partial charge in [0, 0.05) is 6.61 Å². The molecule has 1 saturated heterocycles. The zero-order valence-corrected chi connectivity index (χ0v) is 10.6. The Bertz CT molecular complexity index is 187. The maximum absolute atomic E-state index is 5.81. The molecule has 2 nitrogen and oxygen atoms in total. The van der Waals surface area contributed by atoms with Gasteiger partial charge in [-0.3, -0.25) is 0 Å². The highest BCUT2D eigenvalue weighted by Crippen LogP contribution is 2.44. The van der Waals surface area contributed by atoms with Crippen LogP contribution in [0.25, 0.3) is 0 Å². The third-order valence-electron chi connectivity index (χ3n) is 3.66. The molecule has 0 spiro atoms. The van der Waals surface area contributed by atoms with Gasteiger partial charge in [0.15, 0.2) is 0 Å². The van der Waals surface area contributed by atoms with Crippen LogP contribution >= 0.6 is 0 Å². The Morgan fingerprint density at radius 3 is 2.53 bits per heavy atom. The fraction of sp³-hybridized carbons (Fsp3) is 1.00. The molecule has 0 bridgehead atoms. The maximum Gasteiger partial charge on any atom is 0.0631 e. The van der Waals surface area contributed by atoms with Crippen molar-refractivity contribution in [1.82, 2.24) is 0 Å². The van der Waals surface area contributed by atoms with Crippen molar-refractivity contribution in [2.45, 2.75) is 64.9 Å². The summed E-state index contributed by atoms with van der Waals surface area (Å²) in [5, 5.41) is 0. The monoisotopic (exact) mass is 213 g/mol. The van der Waals surface area contributed by atoms with Crippen molar-refractivity contribution in [2.24, 2.45) is 11.1 Å². The number of ether oxygens (including phenoxy) is 1. The number of rotatable bonds is 5. The molecule has 0 amide bonds. The smallest absolute Gasteiger partial charge is 0.0631 e. The van der Waals surface area contributed by atoms with Gasteiger partial charge in [0.25, 0.3) is 0 Å². The van der Waals surface area contributed by atoms with Crippen LogP contribution in [0, 0.1) is 5.41 Å². The van der Waals surface area contributed by atoms with Gasteiger partial charge in [0.2, 0.25) is 0 Å². The minimum atomic E-state index is 0.0567. The molecule has 0 radical (unpaired) electrons. The molecule has 0 aromatic rings. The van der Waals surface area contributed by atoms with Crippen molar-refractivity contribution in [3.05, 3.63) is 0 Å². The highest BCUT2D eigenvalue weighted by Gasteiger charge is 2.39. The Kier molecular flexibility index (Phi) is 4.60. The number of nitrogens with two attached hydrogens (primary N) is 1. The van der Waals surface area contributed by atoms with Crippen LogP contribution in [0.4, 0.5) is 0 Å². The Morgan fingerprint density at radius 2 is 2.00 bits per heavy atom. The molecule has 1 heterocycles. The van der Waals surface area contributed by atoms with Crippen LogP contribution in [-0.2, 0) is 4.74 Å². The highest BCUT2D eigenvalue weighted by atomic mass is 16.5. The van der Waals surface area contributed by atoms with Gasteiger partial charge in [0.1, 0.15) is 0 Å².